The minimum absolute atomic E-state index is 0.222. The maximum absolute atomic E-state index is 13.2. The van der Waals surface area contributed by atoms with Gasteiger partial charge in [-0.3, -0.25) is 14.5 Å². The van der Waals surface area contributed by atoms with E-state index >= 15 is 0 Å². The molecule has 1 saturated heterocycles. The number of aryl methyl sites for hydroxylation is 2. The van der Waals surface area contributed by atoms with Crippen LogP contribution in [-0.2, 0) is 23.2 Å². The van der Waals surface area contributed by atoms with Crippen molar-refractivity contribution in [1.29, 1.82) is 0 Å². The highest BCUT2D eigenvalue weighted by Crippen LogP contribution is 2.42. The molecular formula is C21H22N2O3S. The standard InChI is InChI=1S/C21H22N2O3S/c1-2-4-14-6-8-15(9-7-14)17(24)13-23-19(25)21(22-20(23)26)11-3-5-18-16(21)10-12-27-18/h6-10,12H,2-5,11,13H2,1H3,(H,22,26). The van der Waals surface area contributed by atoms with Crippen LogP contribution in [-0.4, -0.2) is 29.2 Å². The molecule has 27 heavy (non-hydrogen) atoms. The van der Waals surface area contributed by atoms with Gasteiger partial charge in [0, 0.05) is 16.0 Å². The molecule has 6 heteroatoms. The van der Waals surface area contributed by atoms with Crippen molar-refractivity contribution in [2.45, 2.75) is 44.6 Å². The Hall–Kier alpha value is -2.47. The van der Waals surface area contributed by atoms with E-state index in [1.807, 2.05) is 23.6 Å². The molecule has 4 rings (SSSR count). The number of Topliss-reactive ketones (excluding diaryl/α,β-unsaturated/α-hetero) is 1. The van der Waals surface area contributed by atoms with Crippen LogP contribution >= 0.6 is 11.3 Å². The van der Waals surface area contributed by atoms with Gasteiger partial charge in [0.05, 0.1) is 6.54 Å². The predicted molar refractivity (Wildman–Crippen MR) is 104 cm³/mol. The average Bonchev–Trinajstić information content (AvgIpc) is 3.23. The second kappa shape index (κ2) is 6.93. The van der Waals surface area contributed by atoms with Gasteiger partial charge in [-0.15, -0.1) is 11.3 Å². The van der Waals surface area contributed by atoms with Crippen LogP contribution in [0.5, 0.6) is 0 Å². The van der Waals surface area contributed by atoms with E-state index in [0.717, 1.165) is 41.0 Å². The number of nitrogens with one attached hydrogen (secondary N) is 1. The quantitative estimate of drug-likeness (QED) is 0.634. The van der Waals surface area contributed by atoms with E-state index in [2.05, 4.69) is 12.2 Å². The number of carbonyl (C=O) groups is 3. The van der Waals surface area contributed by atoms with Crippen molar-refractivity contribution in [1.82, 2.24) is 10.2 Å². The monoisotopic (exact) mass is 382 g/mol. The Balaban J connectivity index is 1.54. The molecule has 3 amide bonds. The Morgan fingerprint density at radius 2 is 2.00 bits per heavy atom. The minimum Gasteiger partial charge on any atom is -0.319 e. The average molecular weight is 382 g/mol. The number of amides is 3. The van der Waals surface area contributed by atoms with Gasteiger partial charge in [-0.05, 0) is 42.7 Å². The van der Waals surface area contributed by atoms with Crippen LogP contribution in [0.2, 0.25) is 0 Å². The Morgan fingerprint density at radius 3 is 2.74 bits per heavy atom. The summed E-state index contributed by atoms with van der Waals surface area (Å²) in [5.74, 6) is -0.525. The van der Waals surface area contributed by atoms with Gasteiger partial charge in [0.15, 0.2) is 5.78 Å². The molecule has 1 aliphatic heterocycles. The maximum Gasteiger partial charge on any atom is 0.325 e. The number of carbonyl (C=O) groups excluding carboxylic acids is 3. The summed E-state index contributed by atoms with van der Waals surface area (Å²) in [7, 11) is 0. The van der Waals surface area contributed by atoms with E-state index in [-0.39, 0.29) is 18.2 Å². The van der Waals surface area contributed by atoms with Crippen LogP contribution in [0.25, 0.3) is 0 Å². The number of urea groups is 1. The van der Waals surface area contributed by atoms with Crippen LogP contribution in [0.4, 0.5) is 4.79 Å². The molecule has 1 aromatic heterocycles. The first-order chi connectivity index (χ1) is 13.0. The highest BCUT2D eigenvalue weighted by molar-refractivity contribution is 7.10. The highest BCUT2D eigenvalue weighted by Gasteiger charge is 2.54. The summed E-state index contributed by atoms with van der Waals surface area (Å²) < 4.78 is 0. The van der Waals surface area contributed by atoms with Crippen molar-refractivity contribution in [2.75, 3.05) is 6.54 Å². The second-order valence-corrected chi connectivity index (χ2v) is 8.21. The summed E-state index contributed by atoms with van der Waals surface area (Å²) >= 11 is 1.62. The first-order valence-electron chi connectivity index (χ1n) is 9.38. The Labute approximate surface area is 162 Å². The molecule has 140 valence electrons. The summed E-state index contributed by atoms with van der Waals surface area (Å²) in [6.07, 6.45) is 4.37. The van der Waals surface area contributed by atoms with E-state index < -0.39 is 11.6 Å². The molecule has 0 saturated carbocycles. The Bertz CT molecular complexity index is 902. The number of rotatable bonds is 5. The second-order valence-electron chi connectivity index (χ2n) is 7.21. The van der Waals surface area contributed by atoms with Gasteiger partial charge in [0.25, 0.3) is 5.91 Å². The molecule has 1 N–H and O–H groups in total. The van der Waals surface area contributed by atoms with Crippen LogP contribution < -0.4 is 5.32 Å². The summed E-state index contributed by atoms with van der Waals surface area (Å²) in [6.45, 7) is 1.88. The first kappa shape index (κ1) is 17.9. The van der Waals surface area contributed by atoms with E-state index in [0.29, 0.717) is 12.0 Å². The number of hydrogen-bond acceptors (Lipinski definition) is 4. The largest absolute Gasteiger partial charge is 0.325 e. The number of thiophene rings is 1. The summed E-state index contributed by atoms with van der Waals surface area (Å²) in [5.41, 5.74) is 1.61. The van der Waals surface area contributed by atoms with Crippen LogP contribution in [0, 0.1) is 0 Å². The Morgan fingerprint density at radius 1 is 1.22 bits per heavy atom. The van der Waals surface area contributed by atoms with Gasteiger partial charge in [-0.2, -0.15) is 0 Å². The van der Waals surface area contributed by atoms with E-state index in [4.69, 9.17) is 0 Å². The van der Waals surface area contributed by atoms with Crippen LogP contribution in [0.1, 0.15) is 52.5 Å². The number of ketones is 1. The van der Waals surface area contributed by atoms with Gasteiger partial charge in [-0.1, -0.05) is 37.6 Å². The van der Waals surface area contributed by atoms with Crippen LogP contribution in [0.15, 0.2) is 35.7 Å². The lowest BCUT2D eigenvalue weighted by molar-refractivity contribution is -0.131. The summed E-state index contributed by atoms with van der Waals surface area (Å²) in [6, 6.07) is 8.87. The molecule has 5 nitrogen and oxygen atoms in total. The molecule has 0 bridgehead atoms. The number of nitrogens with zero attached hydrogens (tertiary/aromatic N) is 1. The summed E-state index contributed by atoms with van der Waals surface area (Å²) in [5, 5.41) is 4.85. The first-order valence-corrected chi connectivity index (χ1v) is 10.3. The van der Waals surface area contributed by atoms with Gasteiger partial charge < -0.3 is 5.32 Å². The third-order valence-electron chi connectivity index (χ3n) is 5.45. The lowest BCUT2D eigenvalue weighted by Crippen LogP contribution is -2.46. The molecule has 2 aromatic rings. The van der Waals surface area contributed by atoms with Gasteiger partial charge >= 0.3 is 6.03 Å². The third-order valence-corrected chi connectivity index (χ3v) is 6.43. The molecule has 1 aromatic carbocycles. The van der Waals surface area contributed by atoms with Crippen molar-refractivity contribution >= 4 is 29.1 Å². The molecule has 1 aliphatic carbocycles. The molecular weight excluding hydrogens is 360 g/mol. The normalized spacial score (nSPS) is 21.4. The zero-order valence-corrected chi connectivity index (χ0v) is 16.1. The maximum atomic E-state index is 13.2. The number of imide groups is 1. The fourth-order valence-corrected chi connectivity index (χ4v) is 5.07. The fraction of sp³-hybridized carbons (Fsp3) is 0.381. The SMILES string of the molecule is CCCc1ccc(C(=O)CN2C(=O)NC3(CCCc4sccc43)C2=O)cc1. The zero-order chi connectivity index (χ0) is 19.0. The minimum atomic E-state index is -0.990. The van der Waals surface area contributed by atoms with Crippen molar-refractivity contribution in [3.05, 3.63) is 57.3 Å². The van der Waals surface area contributed by atoms with E-state index in [1.165, 1.54) is 5.56 Å². The lowest BCUT2D eigenvalue weighted by atomic mass is 9.80. The highest BCUT2D eigenvalue weighted by atomic mass is 32.1. The topological polar surface area (TPSA) is 66.5 Å². The van der Waals surface area contributed by atoms with E-state index in [9.17, 15) is 14.4 Å². The molecule has 2 heterocycles. The van der Waals surface area contributed by atoms with Gasteiger partial charge in [0.1, 0.15) is 5.54 Å². The van der Waals surface area contributed by atoms with Gasteiger partial charge in [0.2, 0.25) is 0 Å². The van der Waals surface area contributed by atoms with E-state index in [1.54, 1.807) is 23.5 Å². The fourth-order valence-electron chi connectivity index (χ4n) is 4.07. The molecule has 2 aliphatic rings. The molecule has 1 spiro atoms. The smallest absolute Gasteiger partial charge is 0.319 e. The lowest BCUT2D eigenvalue weighted by Gasteiger charge is -2.31. The third kappa shape index (κ3) is 2.98. The summed E-state index contributed by atoms with van der Waals surface area (Å²) in [4.78, 5) is 40.6. The van der Waals surface area contributed by atoms with Crippen molar-refractivity contribution in [3.63, 3.8) is 0 Å². The molecule has 0 radical (unpaired) electrons. The van der Waals surface area contributed by atoms with Crippen LogP contribution in [0.3, 0.4) is 0 Å². The molecule has 1 fully saturated rings. The van der Waals surface area contributed by atoms with Crippen molar-refractivity contribution < 1.29 is 14.4 Å². The number of benzene rings is 1. The van der Waals surface area contributed by atoms with Crippen molar-refractivity contribution in [3.8, 4) is 0 Å². The Kier molecular flexibility index (Phi) is 4.60. The van der Waals surface area contributed by atoms with Gasteiger partial charge in [-0.25, -0.2) is 4.79 Å². The van der Waals surface area contributed by atoms with Crippen molar-refractivity contribution in [2.24, 2.45) is 0 Å². The number of fused-ring (bicyclic) bond motifs is 2. The molecule has 1 unspecified atom stereocenters. The predicted octanol–water partition coefficient (Wildman–Crippen LogP) is 3.67. The number of hydrogen-bond donors (Lipinski definition) is 1. The molecule has 1 atom stereocenters. The zero-order valence-electron chi connectivity index (χ0n) is 15.3.